The lowest BCUT2D eigenvalue weighted by Crippen LogP contribution is -2.46. The highest BCUT2D eigenvalue weighted by molar-refractivity contribution is 7.89. The predicted octanol–water partition coefficient (Wildman–Crippen LogP) is 1.23. The molecule has 1 aromatic carbocycles. The second-order valence-corrected chi connectivity index (χ2v) is 9.78. The maximum absolute atomic E-state index is 13.0. The Morgan fingerprint density at radius 1 is 1.14 bits per heavy atom. The Morgan fingerprint density at radius 3 is 2.61 bits per heavy atom. The van der Waals surface area contributed by atoms with Crippen LogP contribution in [0.25, 0.3) is 0 Å². The highest BCUT2D eigenvalue weighted by Gasteiger charge is 2.31. The number of rotatable bonds is 6. The van der Waals surface area contributed by atoms with Crippen molar-refractivity contribution in [2.75, 3.05) is 52.9 Å². The summed E-state index contributed by atoms with van der Waals surface area (Å²) in [7, 11) is -1.45. The van der Waals surface area contributed by atoms with Gasteiger partial charge in [0.15, 0.2) is 0 Å². The molecule has 1 atom stereocenters. The van der Waals surface area contributed by atoms with Crippen molar-refractivity contribution in [3.8, 4) is 0 Å². The molecule has 1 N–H and O–H groups in total. The van der Waals surface area contributed by atoms with E-state index in [9.17, 15) is 13.2 Å². The molecule has 8 heteroatoms. The van der Waals surface area contributed by atoms with Gasteiger partial charge in [-0.25, -0.2) is 8.42 Å². The van der Waals surface area contributed by atoms with Crippen LogP contribution in [-0.4, -0.2) is 87.3 Å². The largest absolute Gasteiger partial charge is 0.351 e. The number of amides is 1. The van der Waals surface area contributed by atoms with Gasteiger partial charge in [-0.2, -0.15) is 4.31 Å². The third-order valence-corrected chi connectivity index (χ3v) is 7.76. The summed E-state index contributed by atoms with van der Waals surface area (Å²) >= 11 is 0. The minimum Gasteiger partial charge on any atom is -0.351 e. The summed E-state index contributed by atoms with van der Waals surface area (Å²) in [5.74, 6) is -0.224. The zero-order chi connectivity index (χ0) is 20.1. The third-order valence-electron chi connectivity index (χ3n) is 5.75. The first kappa shape index (κ1) is 21.2. The van der Waals surface area contributed by atoms with Crippen LogP contribution >= 0.6 is 0 Å². The van der Waals surface area contributed by atoms with Gasteiger partial charge in [-0.05, 0) is 45.0 Å². The summed E-state index contributed by atoms with van der Waals surface area (Å²) in [6, 6.07) is 6.40. The SMILES string of the molecule is CC1CCCCN1S(=O)(=O)c1cccc(C(=O)NCCN2CCN(C)CC2)c1. The summed E-state index contributed by atoms with van der Waals surface area (Å²) in [5.41, 5.74) is 0.393. The second-order valence-electron chi connectivity index (χ2n) is 7.89. The van der Waals surface area contributed by atoms with E-state index in [0.29, 0.717) is 18.7 Å². The lowest BCUT2D eigenvalue weighted by atomic mass is 10.1. The highest BCUT2D eigenvalue weighted by Crippen LogP contribution is 2.25. The predicted molar refractivity (Wildman–Crippen MR) is 110 cm³/mol. The average Bonchev–Trinajstić information content (AvgIpc) is 2.69. The van der Waals surface area contributed by atoms with Gasteiger partial charge in [0, 0.05) is 57.4 Å². The normalized spacial score (nSPS) is 22.9. The topological polar surface area (TPSA) is 73.0 Å². The van der Waals surface area contributed by atoms with Crippen LogP contribution < -0.4 is 5.32 Å². The summed E-state index contributed by atoms with van der Waals surface area (Å²) in [6.45, 7) is 7.97. The molecule has 2 aliphatic heterocycles. The van der Waals surface area contributed by atoms with Crippen molar-refractivity contribution in [3.63, 3.8) is 0 Å². The number of nitrogens with one attached hydrogen (secondary N) is 1. The fourth-order valence-corrected chi connectivity index (χ4v) is 5.61. The molecule has 3 rings (SSSR count). The van der Waals surface area contributed by atoms with Gasteiger partial charge in [0.05, 0.1) is 4.90 Å². The van der Waals surface area contributed by atoms with E-state index in [4.69, 9.17) is 0 Å². The molecule has 1 aromatic rings. The molecule has 0 saturated carbocycles. The first-order valence-corrected chi connectivity index (χ1v) is 11.6. The van der Waals surface area contributed by atoms with Gasteiger partial charge >= 0.3 is 0 Å². The molecule has 2 fully saturated rings. The van der Waals surface area contributed by atoms with Crippen LogP contribution in [0.15, 0.2) is 29.2 Å². The monoisotopic (exact) mass is 408 g/mol. The zero-order valence-corrected chi connectivity index (χ0v) is 17.7. The molecule has 156 valence electrons. The molecule has 0 aliphatic carbocycles. The number of hydrogen-bond acceptors (Lipinski definition) is 5. The van der Waals surface area contributed by atoms with Crippen molar-refractivity contribution in [2.24, 2.45) is 0 Å². The number of sulfonamides is 1. The molecular weight excluding hydrogens is 376 g/mol. The molecule has 0 bridgehead atoms. The molecule has 28 heavy (non-hydrogen) atoms. The van der Waals surface area contributed by atoms with Crippen molar-refractivity contribution >= 4 is 15.9 Å². The van der Waals surface area contributed by atoms with E-state index in [2.05, 4.69) is 22.2 Å². The van der Waals surface area contributed by atoms with Gasteiger partial charge in [-0.1, -0.05) is 12.5 Å². The maximum Gasteiger partial charge on any atom is 0.251 e. The summed E-state index contributed by atoms with van der Waals surface area (Å²) in [6.07, 6.45) is 2.82. The first-order valence-electron chi connectivity index (χ1n) is 10.2. The molecule has 1 unspecified atom stereocenters. The van der Waals surface area contributed by atoms with Crippen LogP contribution in [0.5, 0.6) is 0 Å². The Labute approximate surface area is 168 Å². The fourth-order valence-electron chi connectivity index (χ4n) is 3.86. The average molecular weight is 409 g/mol. The molecule has 7 nitrogen and oxygen atoms in total. The van der Waals surface area contributed by atoms with Crippen LogP contribution in [-0.2, 0) is 10.0 Å². The molecule has 0 spiro atoms. The Kier molecular flexibility index (Phi) is 7.09. The van der Waals surface area contributed by atoms with Crippen LogP contribution in [0.2, 0.25) is 0 Å². The van der Waals surface area contributed by atoms with Crippen LogP contribution in [0, 0.1) is 0 Å². The number of piperazine rings is 1. The summed E-state index contributed by atoms with van der Waals surface area (Å²) in [5, 5.41) is 2.92. The number of piperidine rings is 1. The van der Waals surface area contributed by atoms with Gasteiger partial charge in [-0.15, -0.1) is 0 Å². The second kappa shape index (κ2) is 9.35. The quantitative estimate of drug-likeness (QED) is 0.766. The highest BCUT2D eigenvalue weighted by atomic mass is 32.2. The van der Waals surface area contributed by atoms with E-state index >= 15 is 0 Å². The van der Waals surface area contributed by atoms with Crippen molar-refractivity contribution in [1.29, 1.82) is 0 Å². The zero-order valence-electron chi connectivity index (χ0n) is 16.9. The molecule has 0 aromatic heterocycles. The van der Waals surface area contributed by atoms with Crippen LogP contribution in [0.1, 0.15) is 36.5 Å². The van der Waals surface area contributed by atoms with E-state index in [1.807, 2.05) is 6.92 Å². The van der Waals surface area contributed by atoms with Crippen molar-refractivity contribution in [2.45, 2.75) is 37.1 Å². The van der Waals surface area contributed by atoms with Gasteiger partial charge in [-0.3, -0.25) is 9.69 Å². The molecule has 2 heterocycles. The Hall–Kier alpha value is -1.48. The van der Waals surface area contributed by atoms with E-state index in [1.165, 1.54) is 6.07 Å². The standard InChI is InChI=1S/C20H32N4O3S/c1-17-6-3-4-10-24(17)28(26,27)19-8-5-7-18(16-19)20(25)21-9-11-23-14-12-22(2)13-15-23/h5,7-8,16-17H,3-4,6,9-15H2,1-2H3,(H,21,25). The Balaban J connectivity index is 1.60. The van der Waals surface area contributed by atoms with Crippen molar-refractivity contribution in [1.82, 2.24) is 19.4 Å². The molecule has 0 radical (unpaired) electrons. The Morgan fingerprint density at radius 2 is 1.89 bits per heavy atom. The van der Waals surface area contributed by atoms with E-state index < -0.39 is 10.0 Å². The smallest absolute Gasteiger partial charge is 0.251 e. The Bertz CT molecular complexity index is 775. The summed E-state index contributed by atoms with van der Waals surface area (Å²) in [4.78, 5) is 17.3. The molecule has 2 saturated heterocycles. The molecular formula is C20H32N4O3S. The van der Waals surface area contributed by atoms with E-state index in [1.54, 1.807) is 22.5 Å². The van der Waals surface area contributed by atoms with Gasteiger partial charge in [0.2, 0.25) is 10.0 Å². The number of carbonyl (C=O) groups is 1. The lowest BCUT2D eigenvalue weighted by molar-refractivity contribution is 0.0941. The number of benzene rings is 1. The van der Waals surface area contributed by atoms with Gasteiger partial charge in [0.1, 0.15) is 0 Å². The minimum atomic E-state index is -3.57. The first-order chi connectivity index (χ1) is 13.4. The van der Waals surface area contributed by atoms with Gasteiger partial charge < -0.3 is 10.2 Å². The number of hydrogen-bond donors (Lipinski definition) is 1. The number of carbonyl (C=O) groups excluding carboxylic acids is 1. The summed E-state index contributed by atoms with van der Waals surface area (Å²) < 4.78 is 27.6. The van der Waals surface area contributed by atoms with E-state index in [0.717, 1.165) is 52.0 Å². The molecule has 2 aliphatic rings. The lowest BCUT2D eigenvalue weighted by Gasteiger charge is -2.32. The van der Waals surface area contributed by atoms with Gasteiger partial charge in [0.25, 0.3) is 5.91 Å². The van der Waals surface area contributed by atoms with Crippen molar-refractivity contribution < 1.29 is 13.2 Å². The van der Waals surface area contributed by atoms with E-state index in [-0.39, 0.29) is 16.8 Å². The van der Waals surface area contributed by atoms with Crippen LogP contribution in [0.3, 0.4) is 0 Å². The van der Waals surface area contributed by atoms with Crippen LogP contribution in [0.4, 0.5) is 0 Å². The minimum absolute atomic E-state index is 0.000166. The molecule has 1 amide bonds. The fraction of sp³-hybridized carbons (Fsp3) is 0.650. The number of nitrogens with zero attached hydrogens (tertiary/aromatic N) is 3. The third kappa shape index (κ3) is 5.11. The maximum atomic E-state index is 13.0. The number of likely N-dealkylation sites (N-methyl/N-ethyl adjacent to an activating group) is 1. The van der Waals surface area contributed by atoms with Crippen molar-refractivity contribution in [3.05, 3.63) is 29.8 Å².